The van der Waals surface area contributed by atoms with Crippen molar-refractivity contribution < 1.29 is 19.4 Å². The van der Waals surface area contributed by atoms with Crippen molar-refractivity contribution in [2.45, 2.75) is 31.1 Å². The van der Waals surface area contributed by atoms with Crippen LogP contribution in [0.5, 0.6) is 5.75 Å². The monoisotopic (exact) mass is 280 g/mol. The van der Waals surface area contributed by atoms with E-state index in [1.54, 1.807) is 0 Å². The zero-order chi connectivity index (χ0) is 13.6. The molecule has 5 nitrogen and oxygen atoms in total. The van der Waals surface area contributed by atoms with E-state index in [-0.39, 0.29) is 5.75 Å². The van der Waals surface area contributed by atoms with Gasteiger partial charge in [0.2, 0.25) is 0 Å². The number of hydrogen-bond donors (Lipinski definition) is 2. The first-order valence-electron chi connectivity index (χ1n) is 6.03. The van der Waals surface area contributed by atoms with Gasteiger partial charge in [0.05, 0.1) is 10.1 Å². The summed E-state index contributed by atoms with van der Waals surface area (Å²) >= 11 is 0.895. The molecule has 0 radical (unpaired) electrons. The van der Waals surface area contributed by atoms with Crippen molar-refractivity contribution in [1.82, 2.24) is 0 Å². The molecule has 1 saturated carbocycles. The summed E-state index contributed by atoms with van der Waals surface area (Å²) in [5.41, 5.74) is -0.361. The van der Waals surface area contributed by atoms with E-state index in [1.165, 1.54) is 12.1 Å². The molecule has 0 amide bonds. The SMILES string of the molecule is O=C(O)C1(c2cc3oc(=O)sc3cc2O)CCCC1. The molecule has 2 aromatic rings. The second-order valence-electron chi connectivity index (χ2n) is 4.86. The lowest BCUT2D eigenvalue weighted by Gasteiger charge is -2.25. The molecule has 1 aliphatic carbocycles. The quantitative estimate of drug-likeness (QED) is 0.882. The lowest BCUT2D eigenvalue weighted by molar-refractivity contribution is -0.143. The zero-order valence-corrected chi connectivity index (χ0v) is 10.8. The number of carbonyl (C=O) groups is 1. The molecule has 1 aliphatic rings. The van der Waals surface area contributed by atoms with Crippen LogP contribution in [-0.2, 0) is 10.2 Å². The van der Waals surface area contributed by atoms with Gasteiger partial charge in [0.25, 0.3) is 0 Å². The second-order valence-corrected chi connectivity index (χ2v) is 5.84. The molecule has 0 saturated heterocycles. The first-order valence-corrected chi connectivity index (χ1v) is 6.85. The summed E-state index contributed by atoms with van der Waals surface area (Å²) in [4.78, 5) is 22.4. The minimum Gasteiger partial charge on any atom is -0.508 e. The summed E-state index contributed by atoms with van der Waals surface area (Å²) in [7, 11) is 0. The fourth-order valence-electron chi connectivity index (χ4n) is 2.87. The van der Waals surface area contributed by atoms with Crippen molar-refractivity contribution >= 4 is 27.6 Å². The standard InChI is InChI=1S/C13H12O5S/c14-8-6-10-9(18-12(17)19-10)5-7(8)13(11(15)16)3-1-2-4-13/h5-6,14H,1-4H2,(H,15,16). The molecule has 1 heterocycles. The molecule has 0 unspecified atom stereocenters. The van der Waals surface area contributed by atoms with Gasteiger partial charge in [-0.1, -0.05) is 24.2 Å². The van der Waals surface area contributed by atoms with Gasteiger partial charge >= 0.3 is 10.9 Å². The number of aromatic hydroxyl groups is 1. The molecule has 0 bridgehead atoms. The third kappa shape index (κ3) is 1.74. The molecule has 0 spiro atoms. The highest BCUT2D eigenvalue weighted by Gasteiger charge is 2.45. The van der Waals surface area contributed by atoms with Crippen molar-refractivity contribution in [1.29, 1.82) is 0 Å². The van der Waals surface area contributed by atoms with Gasteiger partial charge in [-0.15, -0.1) is 0 Å². The Labute approximate surface area is 112 Å². The summed E-state index contributed by atoms with van der Waals surface area (Å²) in [5, 5.41) is 19.6. The third-order valence-electron chi connectivity index (χ3n) is 3.83. The van der Waals surface area contributed by atoms with Crippen molar-refractivity contribution in [3.05, 3.63) is 27.4 Å². The largest absolute Gasteiger partial charge is 0.508 e. The molecule has 1 fully saturated rings. The Morgan fingerprint density at radius 3 is 2.63 bits per heavy atom. The molecular formula is C13H12O5S. The topological polar surface area (TPSA) is 87.7 Å². The van der Waals surface area contributed by atoms with Crippen LogP contribution in [0, 0.1) is 0 Å². The number of carboxylic acid groups (broad SMARTS) is 1. The minimum absolute atomic E-state index is 0.0751. The normalized spacial score (nSPS) is 17.9. The maximum Gasteiger partial charge on any atom is 0.396 e. The molecule has 0 atom stereocenters. The molecule has 1 aromatic heterocycles. The van der Waals surface area contributed by atoms with Crippen molar-refractivity contribution in [2.24, 2.45) is 0 Å². The molecule has 100 valence electrons. The number of hydrogen-bond acceptors (Lipinski definition) is 5. The summed E-state index contributed by atoms with van der Waals surface area (Å²) in [6.45, 7) is 0. The number of phenolic OH excluding ortho intramolecular Hbond substituents is 1. The minimum atomic E-state index is -1.06. The zero-order valence-electron chi connectivity index (χ0n) is 10.0. The summed E-state index contributed by atoms with van der Waals surface area (Å²) in [5.74, 6) is -1.01. The van der Waals surface area contributed by atoms with Gasteiger partial charge in [0, 0.05) is 11.6 Å². The highest BCUT2D eigenvalue weighted by Crippen LogP contribution is 2.46. The number of aliphatic carboxylic acids is 1. The smallest absolute Gasteiger partial charge is 0.396 e. The molecule has 0 aliphatic heterocycles. The third-order valence-corrected chi connectivity index (χ3v) is 4.62. The molecule has 2 N–H and O–H groups in total. The maximum atomic E-state index is 11.6. The molecule has 3 rings (SSSR count). The Morgan fingerprint density at radius 1 is 1.32 bits per heavy atom. The predicted molar refractivity (Wildman–Crippen MR) is 69.8 cm³/mol. The van der Waals surface area contributed by atoms with E-state index in [1.807, 2.05) is 0 Å². The Hall–Kier alpha value is -1.82. The van der Waals surface area contributed by atoms with Gasteiger partial charge in [0.1, 0.15) is 11.3 Å². The van der Waals surface area contributed by atoms with E-state index in [4.69, 9.17) is 4.42 Å². The van der Waals surface area contributed by atoms with E-state index in [0.29, 0.717) is 28.7 Å². The van der Waals surface area contributed by atoms with Crippen LogP contribution in [0.15, 0.2) is 21.3 Å². The Kier molecular flexibility index (Phi) is 2.63. The predicted octanol–water partition coefficient (Wildman–Crippen LogP) is 2.46. The van der Waals surface area contributed by atoms with Crippen molar-refractivity contribution in [2.75, 3.05) is 0 Å². The number of fused-ring (bicyclic) bond motifs is 1. The summed E-state index contributed by atoms with van der Waals surface area (Å²) < 4.78 is 5.54. The van der Waals surface area contributed by atoms with Crippen molar-refractivity contribution in [3.8, 4) is 5.75 Å². The average Bonchev–Trinajstić information content (AvgIpc) is 2.93. The van der Waals surface area contributed by atoms with Crippen LogP contribution < -0.4 is 4.94 Å². The van der Waals surface area contributed by atoms with Gasteiger partial charge in [-0.3, -0.25) is 4.79 Å². The number of benzene rings is 1. The Morgan fingerprint density at radius 2 is 2.00 bits per heavy atom. The average molecular weight is 280 g/mol. The Bertz CT molecular complexity index is 705. The number of carboxylic acids is 1. The van der Waals surface area contributed by atoms with E-state index in [2.05, 4.69) is 0 Å². The van der Waals surface area contributed by atoms with E-state index in [9.17, 15) is 19.8 Å². The number of phenols is 1. The number of rotatable bonds is 2. The van der Waals surface area contributed by atoms with Gasteiger partial charge in [-0.05, 0) is 18.9 Å². The Balaban J connectivity index is 2.25. The fourth-order valence-corrected chi connectivity index (χ4v) is 3.55. The van der Waals surface area contributed by atoms with E-state index < -0.39 is 16.3 Å². The second kappa shape index (κ2) is 4.09. The first kappa shape index (κ1) is 12.2. The molecule has 1 aromatic carbocycles. The molecule has 6 heteroatoms. The van der Waals surface area contributed by atoms with Crippen LogP contribution in [0.1, 0.15) is 31.2 Å². The van der Waals surface area contributed by atoms with E-state index >= 15 is 0 Å². The van der Waals surface area contributed by atoms with Gasteiger partial charge in [-0.25, -0.2) is 4.79 Å². The highest BCUT2D eigenvalue weighted by molar-refractivity contribution is 7.16. The van der Waals surface area contributed by atoms with Gasteiger partial charge in [0.15, 0.2) is 0 Å². The van der Waals surface area contributed by atoms with Gasteiger partial charge in [-0.2, -0.15) is 0 Å². The van der Waals surface area contributed by atoms with E-state index in [0.717, 1.165) is 24.2 Å². The summed E-state index contributed by atoms with van der Waals surface area (Å²) in [6, 6.07) is 2.92. The van der Waals surface area contributed by atoms with Crippen LogP contribution in [0.2, 0.25) is 0 Å². The van der Waals surface area contributed by atoms with Crippen LogP contribution in [0.4, 0.5) is 0 Å². The van der Waals surface area contributed by atoms with Crippen LogP contribution >= 0.6 is 11.3 Å². The first-order chi connectivity index (χ1) is 9.03. The van der Waals surface area contributed by atoms with Crippen LogP contribution in [0.3, 0.4) is 0 Å². The lowest BCUT2D eigenvalue weighted by Crippen LogP contribution is -2.32. The molecular weight excluding hydrogens is 268 g/mol. The van der Waals surface area contributed by atoms with Crippen molar-refractivity contribution in [3.63, 3.8) is 0 Å². The lowest BCUT2D eigenvalue weighted by atomic mass is 9.78. The van der Waals surface area contributed by atoms with Crippen LogP contribution in [-0.4, -0.2) is 16.2 Å². The molecule has 19 heavy (non-hydrogen) atoms. The maximum absolute atomic E-state index is 11.6. The highest BCUT2D eigenvalue weighted by atomic mass is 32.1. The fraction of sp³-hybridized carbons (Fsp3) is 0.385. The van der Waals surface area contributed by atoms with Gasteiger partial charge < -0.3 is 14.6 Å². The van der Waals surface area contributed by atoms with Crippen LogP contribution in [0.25, 0.3) is 10.3 Å². The summed E-state index contributed by atoms with van der Waals surface area (Å²) in [6.07, 6.45) is 2.63.